The molecule has 2 aromatic carbocycles. The van der Waals surface area contributed by atoms with Crippen LogP contribution in [0.2, 0.25) is 0 Å². The Kier molecular flexibility index (Phi) is 6.17. The minimum absolute atomic E-state index is 0.169. The summed E-state index contributed by atoms with van der Waals surface area (Å²) in [6.07, 6.45) is 1.70. The maximum atomic E-state index is 12.1. The standard InChI is InChI=1S/C24H28N4O/c1-16-7-6-8-23(11-16)28-19(4)13-21(20(28)5)14-26-27-24(29)15-25-22-10-9-17(2)18(3)12-22/h6-14,25H,15H2,1-5H3,(H,27,29)/b26-14-. The first-order valence-electron chi connectivity index (χ1n) is 9.74. The van der Waals surface area contributed by atoms with Gasteiger partial charge in [-0.3, -0.25) is 4.79 Å². The first-order valence-corrected chi connectivity index (χ1v) is 9.74. The number of hydrogen-bond acceptors (Lipinski definition) is 3. The van der Waals surface area contributed by atoms with Crippen LogP contribution in [0.4, 0.5) is 5.69 Å². The van der Waals surface area contributed by atoms with Crippen LogP contribution in [0.25, 0.3) is 5.69 Å². The SMILES string of the molecule is Cc1cccc(-n2c(C)cc(/C=N\NC(=O)CNc3ccc(C)c(C)c3)c2C)c1. The van der Waals surface area contributed by atoms with Gasteiger partial charge in [-0.1, -0.05) is 18.2 Å². The topological polar surface area (TPSA) is 58.4 Å². The van der Waals surface area contributed by atoms with Crippen LogP contribution in [0.1, 0.15) is 33.6 Å². The molecule has 0 fully saturated rings. The predicted octanol–water partition coefficient (Wildman–Crippen LogP) is 4.58. The lowest BCUT2D eigenvalue weighted by Gasteiger charge is -2.10. The summed E-state index contributed by atoms with van der Waals surface area (Å²) < 4.78 is 2.19. The highest BCUT2D eigenvalue weighted by Crippen LogP contribution is 2.20. The van der Waals surface area contributed by atoms with Gasteiger partial charge in [0, 0.05) is 28.3 Å². The van der Waals surface area contributed by atoms with Gasteiger partial charge in [0.2, 0.25) is 0 Å². The molecule has 1 aromatic heterocycles. The Morgan fingerprint density at radius 1 is 1.00 bits per heavy atom. The summed E-state index contributed by atoms with van der Waals surface area (Å²) in [5, 5.41) is 7.26. The predicted molar refractivity (Wildman–Crippen MR) is 120 cm³/mol. The summed E-state index contributed by atoms with van der Waals surface area (Å²) in [4.78, 5) is 12.1. The average Bonchev–Trinajstić information content (AvgIpc) is 2.96. The van der Waals surface area contributed by atoms with Crippen molar-refractivity contribution >= 4 is 17.8 Å². The second-order valence-corrected chi connectivity index (χ2v) is 7.45. The van der Waals surface area contributed by atoms with Crippen molar-refractivity contribution in [2.24, 2.45) is 5.10 Å². The molecule has 0 aliphatic rings. The smallest absolute Gasteiger partial charge is 0.259 e. The number of aromatic nitrogens is 1. The molecule has 3 rings (SSSR count). The number of carbonyl (C=O) groups is 1. The van der Waals surface area contributed by atoms with E-state index < -0.39 is 0 Å². The lowest BCUT2D eigenvalue weighted by Crippen LogP contribution is -2.25. The zero-order valence-electron chi connectivity index (χ0n) is 17.7. The minimum Gasteiger partial charge on any atom is -0.376 e. The molecule has 0 atom stereocenters. The summed E-state index contributed by atoms with van der Waals surface area (Å²) in [5.74, 6) is -0.188. The Morgan fingerprint density at radius 2 is 1.79 bits per heavy atom. The monoisotopic (exact) mass is 388 g/mol. The number of anilines is 1. The second-order valence-electron chi connectivity index (χ2n) is 7.45. The van der Waals surface area contributed by atoms with Crippen LogP contribution in [0.3, 0.4) is 0 Å². The fraction of sp³-hybridized carbons (Fsp3) is 0.250. The molecule has 0 bridgehead atoms. The van der Waals surface area contributed by atoms with Crippen molar-refractivity contribution in [3.63, 3.8) is 0 Å². The third-order valence-electron chi connectivity index (χ3n) is 5.08. The van der Waals surface area contributed by atoms with E-state index in [9.17, 15) is 4.79 Å². The van der Waals surface area contributed by atoms with Crippen LogP contribution in [-0.4, -0.2) is 23.2 Å². The summed E-state index contributed by atoms with van der Waals surface area (Å²) in [7, 11) is 0. The van der Waals surface area contributed by atoms with E-state index >= 15 is 0 Å². The quantitative estimate of drug-likeness (QED) is 0.480. The molecule has 5 nitrogen and oxygen atoms in total. The Balaban J connectivity index is 1.62. The molecule has 0 unspecified atom stereocenters. The van der Waals surface area contributed by atoms with Crippen LogP contribution < -0.4 is 10.7 Å². The van der Waals surface area contributed by atoms with Gasteiger partial charge in [-0.2, -0.15) is 5.10 Å². The van der Waals surface area contributed by atoms with Crippen LogP contribution >= 0.6 is 0 Å². The van der Waals surface area contributed by atoms with E-state index in [0.717, 1.165) is 28.3 Å². The van der Waals surface area contributed by atoms with E-state index in [-0.39, 0.29) is 12.5 Å². The Bertz CT molecular complexity index is 1060. The Labute approximate surface area is 172 Å². The van der Waals surface area contributed by atoms with E-state index in [1.807, 2.05) is 18.2 Å². The lowest BCUT2D eigenvalue weighted by atomic mass is 10.1. The average molecular weight is 389 g/mol. The van der Waals surface area contributed by atoms with E-state index in [1.165, 1.54) is 16.7 Å². The van der Waals surface area contributed by atoms with Crippen LogP contribution in [-0.2, 0) is 4.79 Å². The third-order valence-corrected chi connectivity index (χ3v) is 5.08. The van der Waals surface area contributed by atoms with Crippen molar-refractivity contribution in [3.8, 4) is 5.69 Å². The maximum Gasteiger partial charge on any atom is 0.259 e. The molecule has 1 amide bonds. The molecule has 0 aliphatic carbocycles. The number of aryl methyl sites for hydroxylation is 4. The van der Waals surface area contributed by atoms with Gasteiger partial charge in [0.05, 0.1) is 12.8 Å². The number of rotatable bonds is 6. The fourth-order valence-electron chi connectivity index (χ4n) is 3.33. The molecule has 0 saturated carbocycles. The molecular formula is C24H28N4O. The van der Waals surface area contributed by atoms with E-state index in [2.05, 4.69) is 85.4 Å². The summed E-state index contributed by atoms with van der Waals surface area (Å²) in [6, 6.07) is 16.5. The second kappa shape index (κ2) is 8.78. The summed E-state index contributed by atoms with van der Waals surface area (Å²) in [5.41, 5.74) is 11.5. The highest BCUT2D eigenvalue weighted by Gasteiger charge is 2.09. The molecule has 29 heavy (non-hydrogen) atoms. The molecule has 3 aromatic rings. The largest absolute Gasteiger partial charge is 0.376 e. The number of benzene rings is 2. The first-order chi connectivity index (χ1) is 13.8. The highest BCUT2D eigenvalue weighted by molar-refractivity contribution is 5.85. The third kappa shape index (κ3) is 4.93. The van der Waals surface area contributed by atoms with Gasteiger partial charge < -0.3 is 9.88 Å². The lowest BCUT2D eigenvalue weighted by molar-refractivity contribution is -0.119. The van der Waals surface area contributed by atoms with Gasteiger partial charge in [0.15, 0.2) is 0 Å². The number of nitrogens with zero attached hydrogens (tertiary/aromatic N) is 2. The van der Waals surface area contributed by atoms with Crippen molar-refractivity contribution in [1.82, 2.24) is 9.99 Å². The number of amides is 1. The van der Waals surface area contributed by atoms with Gasteiger partial charge in [-0.25, -0.2) is 5.43 Å². The number of nitrogens with one attached hydrogen (secondary N) is 2. The van der Waals surface area contributed by atoms with Gasteiger partial charge in [-0.05, 0) is 81.6 Å². The molecule has 150 valence electrons. The molecule has 0 radical (unpaired) electrons. The molecular weight excluding hydrogens is 360 g/mol. The molecule has 1 heterocycles. The van der Waals surface area contributed by atoms with Gasteiger partial charge in [0.1, 0.15) is 0 Å². The zero-order chi connectivity index (χ0) is 21.0. The molecule has 2 N–H and O–H groups in total. The van der Waals surface area contributed by atoms with Gasteiger partial charge in [0.25, 0.3) is 5.91 Å². The van der Waals surface area contributed by atoms with Crippen molar-refractivity contribution in [2.75, 3.05) is 11.9 Å². The van der Waals surface area contributed by atoms with Crippen LogP contribution in [0, 0.1) is 34.6 Å². The first kappa shape index (κ1) is 20.4. The normalized spacial score (nSPS) is 11.1. The van der Waals surface area contributed by atoms with E-state index in [0.29, 0.717) is 0 Å². The summed E-state index contributed by atoms with van der Waals surface area (Å²) in [6.45, 7) is 10.5. The minimum atomic E-state index is -0.188. The van der Waals surface area contributed by atoms with Crippen molar-refractivity contribution in [1.29, 1.82) is 0 Å². The highest BCUT2D eigenvalue weighted by atomic mass is 16.2. The van der Waals surface area contributed by atoms with Crippen LogP contribution in [0.5, 0.6) is 0 Å². The van der Waals surface area contributed by atoms with E-state index in [1.54, 1.807) is 6.21 Å². The number of hydrogen-bond donors (Lipinski definition) is 2. The number of carbonyl (C=O) groups excluding carboxylic acids is 1. The van der Waals surface area contributed by atoms with Crippen molar-refractivity contribution < 1.29 is 4.79 Å². The Morgan fingerprint density at radius 3 is 2.52 bits per heavy atom. The van der Waals surface area contributed by atoms with Gasteiger partial charge >= 0.3 is 0 Å². The molecule has 0 saturated heterocycles. The zero-order valence-corrected chi connectivity index (χ0v) is 17.7. The number of hydrazone groups is 1. The summed E-state index contributed by atoms with van der Waals surface area (Å²) >= 11 is 0. The van der Waals surface area contributed by atoms with Gasteiger partial charge in [-0.15, -0.1) is 0 Å². The van der Waals surface area contributed by atoms with E-state index in [4.69, 9.17) is 0 Å². The fourth-order valence-corrected chi connectivity index (χ4v) is 3.33. The molecule has 0 aliphatic heterocycles. The molecule has 0 spiro atoms. The Hall–Kier alpha value is -3.34. The van der Waals surface area contributed by atoms with Crippen molar-refractivity contribution in [2.45, 2.75) is 34.6 Å². The maximum absolute atomic E-state index is 12.1. The molecule has 5 heteroatoms. The van der Waals surface area contributed by atoms with Crippen molar-refractivity contribution in [3.05, 3.63) is 82.2 Å². The van der Waals surface area contributed by atoms with Crippen LogP contribution in [0.15, 0.2) is 53.6 Å².